The summed E-state index contributed by atoms with van der Waals surface area (Å²) in [7, 11) is 0. The topological polar surface area (TPSA) is 66.6 Å². The number of halogens is 1. The first kappa shape index (κ1) is 15.2. The lowest BCUT2D eigenvalue weighted by Crippen LogP contribution is -2.35. The molecule has 2 heterocycles. The van der Waals surface area contributed by atoms with Gasteiger partial charge in [0.05, 0.1) is 18.7 Å². The first-order valence-electron chi connectivity index (χ1n) is 7.27. The molecule has 6 heteroatoms. The molecular weight excluding hydrogens is 348 g/mol. The maximum Gasteiger partial charge on any atom is 0.306 e. The van der Waals surface area contributed by atoms with Crippen molar-refractivity contribution in [1.29, 1.82) is 0 Å². The highest BCUT2D eigenvalue weighted by Gasteiger charge is 2.25. The van der Waals surface area contributed by atoms with E-state index >= 15 is 0 Å². The van der Waals surface area contributed by atoms with E-state index in [1.54, 1.807) is 6.20 Å². The Morgan fingerprint density at radius 1 is 1.32 bits per heavy atom. The predicted octanol–water partition coefficient (Wildman–Crippen LogP) is 3.40. The second-order valence-electron chi connectivity index (χ2n) is 5.51. The van der Waals surface area contributed by atoms with Crippen molar-refractivity contribution in [3.8, 4) is 11.3 Å². The van der Waals surface area contributed by atoms with Crippen molar-refractivity contribution in [3.63, 3.8) is 0 Å². The molecule has 22 heavy (non-hydrogen) atoms. The molecule has 0 aliphatic carbocycles. The smallest absolute Gasteiger partial charge is 0.306 e. The van der Waals surface area contributed by atoms with Crippen LogP contribution in [0.4, 0.5) is 0 Å². The second kappa shape index (κ2) is 6.62. The van der Waals surface area contributed by atoms with Gasteiger partial charge in [-0.3, -0.25) is 9.69 Å². The Hall–Kier alpha value is -1.66. The van der Waals surface area contributed by atoms with Crippen molar-refractivity contribution < 1.29 is 14.3 Å². The molecule has 3 rings (SSSR count). The summed E-state index contributed by atoms with van der Waals surface area (Å²) in [6, 6.07) is 7.89. The molecule has 0 spiro atoms. The fraction of sp³-hybridized carbons (Fsp3) is 0.375. The Morgan fingerprint density at radius 3 is 2.64 bits per heavy atom. The Balaban J connectivity index is 1.60. The molecule has 116 valence electrons. The highest BCUT2D eigenvalue weighted by molar-refractivity contribution is 9.10. The van der Waals surface area contributed by atoms with Crippen LogP contribution in [0.1, 0.15) is 18.7 Å². The van der Waals surface area contributed by atoms with Crippen molar-refractivity contribution in [2.45, 2.75) is 19.4 Å². The fourth-order valence-corrected chi connectivity index (χ4v) is 2.92. The zero-order chi connectivity index (χ0) is 15.5. The first-order chi connectivity index (χ1) is 10.6. The summed E-state index contributed by atoms with van der Waals surface area (Å²) in [6.45, 7) is 2.17. The molecule has 0 atom stereocenters. The number of hydrogen-bond acceptors (Lipinski definition) is 4. The molecule has 1 N–H and O–H groups in total. The molecule has 2 aromatic rings. The lowest BCUT2D eigenvalue weighted by atomic mass is 9.97. The third-order valence-electron chi connectivity index (χ3n) is 3.98. The van der Waals surface area contributed by atoms with Crippen LogP contribution in [0.15, 0.2) is 39.4 Å². The number of carboxylic acids is 1. The van der Waals surface area contributed by atoms with Gasteiger partial charge in [-0.25, -0.2) is 4.98 Å². The minimum Gasteiger partial charge on any atom is -0.481 e. The van der Waals surface area contributed by atoms with Crippen LogP contribution < -0.4 is 0 Å². The van der Waals surface area contributed by atoms with E-state index < -0.39 is 5.97 Å². The molecule has 5 nitrogen and oxygen atoms in total. The molecule has 1 aliphatic rings. The Labute approximate surface area is 137 Å². The molecule has 1 saturated heterocycles. The SMILES string of the molecule is O=C(O)C1CCN(Cc2ncc(-c3ccc(Br)cc3)o2)CC1. The summed E-state index contributed by atoms with van der Waals surface area (Å²) in [5, 5.41) is 9.01. The van der Waals surface area contributed by atoms with Gasteiger partial charge in [0.2, 0.25) is 5.89 Å². The summed E-state index contributed by atoms with van der Waals surface area (Å²) < 4.78 is 6.83. The third kappa shape index (κ3) is 3.56. The van der Waals surface area contributed by atoms with Crippen molar-refractivity contribution in [2.75, 3.05) is 13.1 Å². The van der Waals surface area contributed by atoms with Gasteiger partial charge in [0, 0.05) is 10.0 Å². The van der Waals surface area contributed by atoms with Gasteiger partial charge in [0.25, 0.3) is 0 Å². The number of nitrogens with zero attached hydrogens (tertiary/aromatic N) is 2. The van der Waals surface area contributed by atoms with E-state index in [0.29, 0.717) is 25.3 Å². The zero-order valence-corrected chi connectivity index (χ0v) is 13.6. The van der Waals surface area contributed by atoms with Crippen LogP contribution >= 0.6 is 15.9 Å². The highest BCUT2D eigenvalue weighted by atomic mass is 79.9. The molecule has 0 bridgehead atoms. The van der Waals surface area contributed by atoms with Crippen molar-refractivity contribution in [2.24, 2.45) is 5.92 Å². The Bertz CT molecular complexity index is 646. The molecule has 1 aliphatic heterocycles. The van der Waals surface area contributed by atoms with E-state index in [0.717, 1.165) is 28.9 Å². The molecule has 1 fully saturated rings. The van der Waals surface area contributed by atoms with Crippen LogP contribution in [-0.2, 0) is 11.3 Å². The van der Waals surface area contributed by atoms with Crippen LogP contribution in [0, 0.1) is 5.92 Å². The van der Waals surface area contributed by atoms with Crippen LogP contribution in [0.2, 0.25) is 0 Å². The van der Waals surface area contributed by atoms with Crippen LogP contribution in [0.25, 0.3) is 11.3 Å². The minimum absolute atomic E-state index is 0.209. The first-order valence-corrected chi connectivity index (χ1v) is 8.07. The standard InChI is InChI=1S/C16H17BrN2O3/c17-13-3-1-11(2-4-13)14-9-18-15(22-14)10-19-7-5-12(6-8-19)16(20)21/h1-4,9,12H,5-8,10H2,(H,20,21). The number of rotatable bonds is 4. The predicted molar refractivity (Wildman–Crippen MR) is 85.3 cm³/mol. The quantitative estimate of drug-likeness (QED) is 0.900. The van der Waals surface area contributed by atoms with E-state index in [2.05, 4.69) is 25.8 Å². The number of likely N-dealkylation sites (tertiary alicyclic amines) is 1. The second-order valence-corrected chi connectivity index (χ2v) is 6.43. The van der Waals surface area contributed by atoms with E-state index in [-0.39, 0.29) is 5.92 Å². The Kier molecular flexibility index (Phi) is 4.59. The summed E-state index contributed by atoms with van der Waals surface area (Å²) in [4.78, 5) is 17.5. The molecular formula is C16H17BrN2O3. The van der Waals surface area contributed by atoms with Gasteiger partial charge in [0.15, 0.2) is 5.76 Å². The van der Waals surface area contributed by atoms with E-state index in [9.17, 15) is 4.79 Å². The molecule has 0 unspecified atom stereocenters. The van der Waals surface area contributed by atoms with Crippen LogP contribution in [-0.4, -0.2) is 34.0 Å². The van der Waals surface area contributed by atoms with Crippen LogP contribution in [0.5, 0.6) is 0 Å². The lowest BCUT2D eigenvalue weighted by Gasteiger charge is -2.28. The van der Waals surface area contributed by atoms with Crippen molar-refractivity contribution >= 4 is 21.9 Å². The number of carboxylic acid groups (broad SMARTS) is 1. The van der Waals surface area contributed by atoms with E-state index in [4.69, 9.17) is 9.52 Å². The van der Waals surface area contributed by atoms with E-state index in [1.807, 2.05) is 24.3 Å². The number of benzene rings is 1. The van der Waals surface area contributed by atoms with Gasteiger partial charge in [-0.15, -0.1) is 0 Å². The molecule has 1 aromatic heterocycles. The normalized spacial score (nSPS) is 16.8. The lowest BCUT2D eigenvalue weighted by molar-refractivity contribution is -0.143. The van der Waals surface area contributed by atoms with Crippen molar-refractivity contribution in [1.82, 2.24) is 9.88 Å². The summed E-state index contributed by atoms with van der Waals surface area (Å²) >= 11 is 3.41. The largest absolute Gasteiger partial charge is 0.481 e. The summed E-state index contributed by atoms with van der Waals surface area (Å²) in [5.74, 6) is 0.530. The third-order valence-corrected chi connectivity index (χ3v) is 4.51. The maximum atomic E-state index is 11.0. The number of carbonyl (C=O) groups is 1. The number of aromatic nitrogens is 1. The number of oxazole rings is 1. The number of aliphatic carboxylic acids is 1. The minimum atomic E-state index is -0.687. The summed E-state index contributed by atoms with van der Waals surface area (Å²) in [6.07, 6.45) is 3.12. The average molecular weight is 365 g/mol. The van der Waals surface area contributed by atoms with Gasteiger partial charge in [-0.2, -0.15) is 0 Å². The van der Waals surface area contributed by atoms with Gasteiger partial charge < -0.3 is 9.52 Å². The number of hydrogen-bond donors (Lipinski definition) is 1. The molecule has 0 amide bonds. The van der Waals surface area contributed by atoms with Crippen molar-refractivity contribution in [3.05, 3.63) is 40.8 Å². The monoisotopic (exact) mass is 364 g/mol. The Morgan fingerprint density at radius 2 is 2.00 bits per heavy atom. The van der Waals surface area contributed by atoms with E-state index in [1.165, 1.54) is 0 Å². The maximum absolute atomic E-state index is 11.0. The van der Waals surface area contributed by atoms with Gasteiger partial charge in [-0.05, 0) is 38.1 Å². The number of piperidine rings is 1. The molecule has 0 saturated carbocycles. The average Bonchev–Trinajstić information content (AvgIpc) is 2.97. The highest BCUT2D eigenvalue weighted by Crippen LogP contribution is 2.24. The van der Waals surface area contributed by atoms with Gasteiger partial charge in [-0.1, -0.05) is 28.1 Å². The van der Waals surface area contributed by atoms with Crippen LogP contribution in [0.3, 0.4) is 0 Å². The molecule has 0 radical (unpaired) electrons. The van der Waals surface area contributed by atoms with Gasteiger partial charge in [0.1, 0.15) is 0 Å². The zero-order valence-electron chi connectivity index (χ0n) is 12.0. The summed E-state index contributed by atoms with van der Waals surface area (Å²) in [5.41, 5.74) is 0.992. The van der Waals surface area contributed by atoms with Gasteiger partial charge >= 0.3 is 5.97 Å². The molecule has 1 aromatic carbocycles. The fourth-order valence-electron chi connectivity index (χ4n) is 2.66.